The molecule has 0 bridgehead atoms. The van der Waals surface area contributed by atoms with E-state index in [2.05, 4.69) is 101 Å². The van der Waals surface area contributed by atoms with E-state index < -0.39 is 0 Å². The number of halogens is 1. The molecular weight excluding hydrogens is 351 g/mol. The summed E-state index contributed by atoms with van der Waals surface area (Å²) in [6, 6.07) is 30.1. The van der Waals surface area contributed by atoms with Gasteiger partial charge in [0.05, 0.1) is 0 Å². The summed E-state index contributed by atoms with van der Waals surface area (Å²) in [6.07, 6.45) is 0. The summed E-state index contributed by atoms with van der Waals surface area (Å²) >= 11 is 3.73. The second kappa shape index (κ2) is 5.83. The van der Waals surface area contributed by atoms with Crippen molar-refractivity contribution in [1.29, 1.82) is 0 Å². The van der Waals surface area contributed by atoms with E-state index in [0.717, 1.165) is 0 Å². The fraction of sp³-hybridized carbons (Fsp3) is 0. The maximum atomic E-state index is 3.73. The Balaban J connectivity index is 1.83. The zero-order valence-electron chi connectivity index (χ0n) is 11.9. The molecule has 1 aliphatic rings. The van der Waals surface area contributed by atoms with Gasteiger partial charge in [-0.05, 0) is 30.4 Å². The Morgan fingerprint density at radius 2 is 1.00 bits per heavy atom. The first-order valence-corrected chi connectivity index (χ1v) is 9.39. The lowest BCUT2D eigenvalue weighted by Crippen LogP contribution is -1.96. The molecule has 0 saturated heterocycles. The molecule has 1 aliphatic heterocycles. The van der Waals surface area contributed by atoms with Gasteiger partial charge >= 0.3 is 0 Å². The lowest BCUT2D eigenvalue weighted by molar-refractivity contribution is 1.65. The molecule has 0 atom stereocenters. The predicted molar refractivity (Wildman–Crippen MR) is 100 cm³/mol. The Bertz CT molecular complexity index is 788. The van der Waals surface area contributed by atoms with E-state index in [4.69, 9.17) is 0 Å². The summed E-state index contributed by atoms with van der Waals surface area (Å²) in [7, 11) is -0.359. The Kier molecular flexibility index (Phi) is 3.70. The fourth-order valence-corrected chi connectivity index (χ4v) is 6.14. The molecule has 0 nitrogen and oxygen atoms in total. The van der Waals surface area contributed by atoms with E-state index in [1.807, 2.05) is 0 Å². The quantitative estimate of drug-likeness (QED) is 0.492. The summed E-state index contributed by atoms with van der Waals surface area (Å²) in [4.78, 5) is 0. The highest BCUT2D eigenvalue weighted by Crippen LogP contribution is 2.77. The number of benzene rings is 3. The van der Waals surface area contributed by atoms with Crippen molar-refractivity contribution in [3.63, 3.8) is 0 Å². The van der Waals surface area contributed by atoms with Crippen molar-refractivity contribution in [2.45, 2.75) is 0 Å². The number of hydrogen-bond donors (Lipinski definition) is 0. The van der Waals surface area contributed by atoms with Gasteiger partial charge in [0.25, 0.3) is 0 Å². The highest BCUT2D eigenvalue weighted by Gasteiger charge is 2.40. The molecule has 0 saturated carbocycles. The van der Waals surface area contributed by atoms with Crippen LogP contribution in [0, 0.1) is 0 Å². The maximum Gasteiger partial charge on any atom is 0.0258 e. The van der Waals surface area contributed by atoms with Crippen molar-refractivity contribution in [2.24, 2.45) is 0 Å². The molecule has 0 N–H and O–H groups in total. The Morgan fingerprint density at radius 1 is 0.545 bits per heavy atom. The van der Waals surface area contributed by atoms with Crippen LogP contribution in [0.5, 0.6) is 0 Å². The van der Waals surface area contributed by atoms with E-state index >= 15 is 0 Å². The van der Waals surface area contributed by atoms with Crippen LogP contribution in [-0.2, 0) is 0 Å². The fourth-order valence-electron chi connectivity index (χ4n) is 2.76. The van der Waals surface area contributed by atoms with E-state index in [-0.39, 0.29) is 7.92 Å². The molecule has 106 valence electrons. The first-order chi connectivity index (χ1) is 10.9. The first-order valence-electron chi connectivity index (χ1n) is 7.26. The largest absolute Gasteiger partial charge is 0.0622 e. The van der Waals surface area contributed by atoms with Crippen LogP contribution in [0.15, 0.2) is 89.4 Å². The van der Waals surface area contributed by atoms with Crippen LogP contribution < -0.4 is 5.30 Å². The van der Waals surface area contributed by atoms with Crippen LogP contribution in [0.1, 0.15) is 11.1 Å². The lowest BCUT2D eigenvalue weighted by atomic mass is 10.1. The second-order valence-electron chi connectivity index (χ2n) is 5.22. The summed E-state index contributed by atoms with van der Waals surface area (Å²) in [5.74, 6) is 0. The van der Waals surface area contributed by atoms with Crippen molar-refractivity contribution >= 4 is 39.8 Å². The molecule has 0 aromatic heterocycles. The topological polar surface area (TPSA) is 0 Å². The number of rotatable bonds is 3. The van der Waals surface area contributed by atoms with Crippen LogP contribution in [0.4, 0.5) is 0 Å². The van der Waals surface area contributed by atoms with E-state index in [0.29, 0.717) is 0 Å². The Morgan fingerprint density at radius 3 is 1.50 bits per heavy atom. The minimum atomic E-state index is -0.359. The molecule has 2 heteroatoms. The molecule has 22 heavy (non-hydrogen) atoms. The van der Waals surface area contributed by atoms with Crippen LogP contribution >= 0.6 is 23.9 Å². The van der Waals surface area contributed by atoms with Gasteiger partial charge in [-0.1, -0.05) is 94.8 Å². The molecule has 4 rings (SSSR count). The summed E-state index contributed by atoms with van der Waals surface area (Å²) in [5, 5.41) is 4.43. The third-order valence-electron chi connectivity index (χ3n) is 3.81. The van der Waals surface area contributed by atoms with Crippen molar-refractivity contribution in [2.75, 3.05) is 0 Å². The van der Waals surface area contributed by atoms with Crippen LogP contribution in [-0.4, -0.2) is 0 Å². The monoisotopic (exact) mass is 364 g/mol. The SMILES string of the molecule is Brc1ccccc1P1C(c2ccccc2)=C1c1ccccc1. The average molecular weight is 365 g/mol. The van der Waals surface area contributed by atoms with Gasteiger partial charge in [-0.2, -0.15) is 0 Å². The molecular formula is C20H14BrP. The molecule has 0 radical (unpaired) electrons. The van der Waals surface area contributed by atoms with Gasteiger partial charge < -0.3 is 0 Å². The molecule has 0 spiro atoms. The number of hydrogen-bond acceptors (Lipinski definition) is 0. The zero-order chi connectivity index (χ0) is 14.9. The summed E-state index contributed by atoms with van der Waals surface area (Å²) in [6.45, 7) is 0. The smallest absolute Gasteiger partial charge is 0.0258 e. The van der Waals surface area contributed by atoms with Gasteiger partial charge in [-0.3, -0.25) is 0 Å². The molecule has 0 aliphatic carbocycles. The maximum absolute atomic E-state index is 3.73. The van der Waals surface area contributed by atoms with Gasteiger partial charge in [0.1, 0.15) is 0 Å². The normalized spacial score (nSPS) is 14.2. The minimum Gasteiger partial charge on any atom is -0.0622 e. The average Bonchev–Trinajstić information content (AvgIpc) is 3.32. The molecule has 3 aromatic carbocycles. The molecule has 0 unspecified atom stereocenters. The van der Waals surface area contributed by atoms with Crippen molar-refractivity contribution in [3.05, 3.63) is 101 Å². The van der Waals surface area contributed by atoms with Crippen LogP contribution in [0.3, 0.4) is 0 Å². The van der Waals surface area contributed by atoms with E-state index in [1.165, 1.54) is 31.5 Å². The molecule has 1 heterocycles. The summed E-state index contributed by atoms with van der Waals surface area (Å²) < 4.78 is 1.21. The third kappa shape index (κ3) is 2.45. The van der Waals surface area contributed by atoms with Crippen LogP contribution in [0.25, 0.3) is 10.6 Å². The Hall–Kier alpha value is -1.69. The molecule has 0 amide bonds. The first kappa shape index (κ1) is 13.9. The van der Waals surface area contributed by atoms with Crippen molar-refractivity contribution in [3.8, 4) is 0 Å². The van der Waals surface area contributed by atoms with Crippen LogP contribution in [0.2, 0.25) is 0 Å². The van der Waals surface area contributed by atoms with E-state index in [1.54, 1.807) is 0 Å². The van der Waals surface area contributed by atoms with Gasteiger partial charge in [-0.15, -0.1) is 0 Å². The van der Waals surface area contributed by atoms with Gasteiger partial charge in [0.2, 0.25) is 0 Å². The predicted octanol–water partition coefficient (Wildman–Crippen LogP) is 6.10. The Labute approximate surface area is 140 Å². The summed E-state index contributed by atoms with van der Waals surface area (Å²) in [5.41, 5.74) is 2.70. The highest BCUT2D eigenvalue weighted by atomic mass is 79.9. The van der Waals surface area contributed by atoms with E-state index in [9.17, 15) is 0 Å². The van der Waals surface area contributed by atoms with Gasteiger partial charge in [0, 0.05) is 15.1 Å². The van der Waals surface area contributed by atoms with Crippen molar-refractivity contribution < 1.29 is 0 Å². The standard InChI is InChI=1S/C20H14BrP/c21-17-13-7-8-14-18(17)22-19(15-9-3-1-4-10-15)20(22)16-11-5-2-6-12-16/h1-14H. The minimum absolute atomic E-state index is 0.359. The van der Waals surface area contributed by atoms with Crippen molar-refractivity contribution in [1.82, 2.24) is 0 Å². The zero-order valence-corrected chi connectivity index (χ0v) is 14.4. The van der Waals surface area contributed by atoms with Gasteiger partial charge in [0.15, 0.2) is 0 Å². The highest BCUT2D eigenvalue weighted by molar-refractivity contribution is 9.10. The molecule has 0 fully saturated rings. The third-order valence-corrected chi connectivity index (χ3v) is 7.31. The second-order valence-corrected chi connectivity index (χ2v) is 8.12. The lowest BCUT2D eigenvalue weighted by Gasteiger charge is -2.06. The van der Waals surface area contributed by atoms with Gasteiger partial charge in [-0.25, -0.2) is 0 Å². The molecule has 3 aromatic rings.